The first-order valence-electron chi connectivity index (χ1n) is 8.13. The fourth-order valence-corrected chi connectivity index (χ4v) is 4.39. The Morgan fingerprint density at radius 1 is 1.15 bits per heavy atom. The van der Waals surface area contributed by atoms with Crippen molar-refractivity contribution in [3.05, 3.63) is 65.6 Å². The Bertz CT molecular complexity index is 1080. The second kappa shape index (κ2) is 6.28. The van der Waals surface area contributed by atoms with Crippen LogP contribution >= 0.6 is 0 Å². The van der Waals surface area contributed by atoms with E-state index < -0.39 is 21.6 Å². The average molecular weight is 387 g/mol. The first-order valence-corrected chi connectivity index (χ1v) is 9.79. The van der Waals surface area contributed by atoms with E-state index in [0.717, 1.165) is 0 Å². The molecule has 0 unspecified atom stereocenters. The number of nitrogens with zero attached hydrogens (tertiary/aromatic N) is 1. The maximum atomic E-state index is 13.2. The number of benzene rings is 2. The Labute approximate surface area is 155 Å². The van der Waals surface area contributed by atoms with E-state index in [1.807, 2.05) is 6.07 Å². The predicted octanol–water partition coefficient (Wildman–Crippen LogP) is 3.67. The molecule has 0 N–H and O–H groups in total. The van der Waals surface area contributed by atoms with E-state index in [4.69, 9.17) is 14.2 Å². The van der Waals surface area contributed by atoms with Gasteiger partial charge in [0.15, 0.2) is 6.01 Å². The molecular weight excluding hydrogens is 373 g/mol. The van der Waals surface area contributed by atoms with Crippen LogP contribution in [-0.2, 0) is 31.5 Å². The number of fused-ring (bicyclic) bond motifs is 2. The first kappa shape index (κ1) is 17.4. The molecule has 0 saturated heterocycles. The van der Waals surface area contributed by atoms with Crippen molar-refractivity contribution in [2.24, 2.45) is 0 Å². The standard InChI is InChI=1S/C19H14FNO5S/c20-12-27(22,23)17-6-5-16(26-15-4-2-1-3-13(15)11-21)14-7-8-19(18(14)17)24-9-10-25-19/h1-6,9-10H,7-8,12H2. The Morgan fingerprint density at radius 3 is 2.59 bits per heavy atom. The van der Waals surface area contributed by atoms with Crippen LogP contribution in [0.2, 0.25) is 0 Å². The summed E-state index contributed by atoms with van der Waals surface area (Å²) in [6, 6.07) is 9.98. The molecule has 1 spiro atoms. The fourth-order valence-electron chi connectivity index (χ4n) is 3.41. The average Bonchev–Trinajstić information content (AvgIpc) is 3.31. The number of hydrogen-bond acceptors (Lipinski definition) is 6. The molecule has 0 saturated carbocycles. The number of rotatable bonds is 4. The molecule has 0 fully saturated rings. The smallest absolute Gasteiger partial charge is 0.278 e. The van der Waals surface area contributed by atoms with E-state index >= 15 is 0 Å². The van der Waals surface area contributed by atoms with Crippen LogP contribution < -0.4 is 4.74 Å². The maximum Gasteiger partial charge on any atom is 0.278 e. The maximum absolute atomic E-state index is 13.2. The zero-order chi connectivity index (χ0) is 19.1. The van der Waals surface area contributed by atoms with Crippen LogP contribution in [0.5, 0.6) is 11.5 Å². The van der Waals surface area contributed by atoms with Crippen molar-refractivity contribution in [3.8, 4) is 17.6 Å². The van der Waals surface area contributed by atoms with Gasteiger partial charge in [-0.15, -0.1) is 0 Å². The zero-order valence-corrected chi connectivity index (χ0v) is 14.8. The van der Waals surface area contributed by atoms with Crippen LogP contribution in [0.4, 0.5) is 4.39 Å². The predicted molar refractivity (Wildman–Crippen MR) is 92.1 cm³/mol. The summed E-state index contributed by atoms with van der Waals surface area (Å²) in [6.45, 7) is 0. The highest BCUT2D eigenvalue weighted by atomic mass is 32.2. The third-order valence-electron chi connectivity index (χ3n) is 4.60. The van der Waals surface area contributed by atoms with Gasteiger partial charge in [-0.2, -0.15) is 5.26 Å². The number of halogens is 1. The highest BCUT2D eigenvalue weighted by Crippen LogP contribution is 2.50. The van der Waals surface area contributed by atoms with Gasteiger partial charge in [-0.3, -0.25) is 0 Å². The van der Waals surface area contributed by atoms with Gasteiger partial charge < -0.3 is 14.2 Å². The van der Waals surface area contributed by atoms with Gasteiger partial charge in [0.05, 0.1) is 16.0 Å². The monoisotopic (exact) mass is 387 g/mol. The zero-order valence-electron chi connectivity index (χ0n) is 14.0. The lowest BCUT2D eigenvalue weighted by Crippen LogP contribution is -2.26. The molecular formula is C19H14FNO5S. The summed E-state index contributed by atoms with van der Waals surface area (Å²) in [7, 11) is -4.15. The molecule has 4 rings (SSSR count). The first-order chi connectivity index (χ1) is 13.0. The summed E-state index contributed by atoms with van der Waals surface area (Å²) >= 11 is 0. The molecule has 0 amide bonds. The highest BCUT2D eigenvalue weighted by molar-refractivity contribution is 7.91. The van der Waals surface area contributed by atoms with E-state index in [0.29, 0.717) is 35.5 Å². The minimum Gasteiger partial charge on any atom is -0.456 e. The quantitative estimate of drug-likeness (QED) is 0.796. The number of para-hydroxylation sites is 1. The van der Waals surface area contributed by atoms with Crippen LogP contribution in [-0.4, -0.2) is 14.4 Å². The normalized spacial score (nSPS) is 16.4. The number of sulfone groups is 1. The summed E-state index contributed by atoms with van der Waals surface area (Å²) in [5.41, 5.74) is 1.15. The molecule has 138 valence electrons. The molecule has 8 heteroatoms. The van der Waals surface area contributed by atoms with Crippen LogP contribution in [0.3, 0.4) is 0 Å². The largest absolute Gasteiger partial charge is 0.456 e. The lowest BCUT2D eigenvalue weighted by Gasteiger charge is -2.25. The Hall–Kier alpha value is -3.05. The van der Waals surface area contributed by atoms with Gasteiger partial charge in [-0.05, 0) is 30.7 Å². The number of alkyl halides is 1. The second-order valence-corrected chi connectivity index (χ2v) is 8.00. The van der Waals surface area contributed by atoms with E-state index in [1.54, 1.807) is 24.3 Å². The van der Waals surface area contributed by atoms with Gasteiger partial charge in [0.1, 0.15) is 30.1 Å². The molecule has 27 heavy (non-hydrogen) atoms. The minimum absolute atomic E-state index is 0.179. The van der Waals surface area contributed by atoms with Crippen LogP contribution in [0.15, 0.2) is 53.8 Å². The van der Waals surface area contributed by atoms with Crippen molar-refractivity contribution >= 4 is 9.84 Å². The topological polar surface area (TPSA) is 85.6 Å². The molecule has 1 aliphatic heterocycles. The molecule has 6 nitrogen and oxygen atoms in total. The van der Waals surface area contributed by atoms with E-state index in [1.165, 1.54) is 24.7 Å². The third kappa shape index (κ3) is 2.71. The van der Waals surface area contributed by atoms with Gasteiger partial charge >= 0.3 is 0 Å². The summed E-state index contributed by atoms with van der Waals surface area (Å²) in [5.74, 6) is -0.585. The van der Waals surface area contributed by atoms with Crippen LogP contribution in [0.25, 0.3) is 0 Å². The minimum atomic E-state index is -4.15. The number of hydrogen-bond donors (Lipinski definition) is 0. The van der Waals surface area contributed by atoms with Crippen molar-refractivity contribution in [2.45, 2.75) is 23.5 Å². The molecule has 0 aromatic heterocycles. The number of nitriles is 1. The van der Waals surface area contributed by atoms with E-state index in [2.05, 4.69) is 0 Å². The van der Waals surface area contributed by atoms with Gasteiger partial charge in [0.25, 0.3) is 5.79 Å². The molecule has 1 aliphatic carbocycles. The van der Waals surface area contributed by atoms with E-state index in [-0.39, 0.29) is 10.5 Å². The van der Waals surface area contributed by atoms with Crippen molar-refractivity contribution in [2.75, 3.05) is 6.01 Å². The van der Waals surface area contributed by atoms with Gasteiger partial charge in [0, 0.05) is 12.0 Å². The van der Waals surface area contributed by atoms with E-state index in [9.17, 15) is 18.1 Å². The van der Waals surface area contributed by atoms with Crippen molar-refractivity contribution < 1.29 is 27.0 Å². The SMILES string of the molecule is N#Cc1ccccc1Oc1ccc(S(=O)(=O)CF)c2c1CCC21OC=CO1. The summed E-state index contributed by atoms with van der Waals surface area (Å²) in [4.78, 5) is -0.179. The summed E-state index contributed by atoms with van der Waals surface area (Å²) in [5, 5.41) is 9.24. The second-order valence-electron chi connectivity index (χ2n) is 6.11. The molecule has 1 heterocycles. The van der Waals surface area contributed by atoms with Gasteiger partial charge in [0.2, 0.25) is 9.84 Å². The molecule has 0 bridgehead atoms. The fraction of sp³-hybridized carbons (Fsp3) is 0.211. The number of ether oxygens (including phenoxy) is 3. The molecule has 0 radical (unpaired) electrons. The molecule has 2 aliphatic rings. The Kier molecular flexibility index (Phi) is 4.04. The lowest BCUT2D eigenvalue weighted by molar-refractivity contribution is -0.148. The van der Waals surface area contributed by atoms with Gasteiger partial charge in [-0.25, -0.2) is 12.8 Å². The summed E-state index contributed by atoms with van der Waals surface area (Å²) in [6.07, 6.45) is 3.43. The highest BCUT2D eigenvalue weighted by Gasteiger charge is 2.49. The van der Waals surface area contributed by atoms with Crippen LogP contribution in [0, 0.1) is 11.3 Å². The Balaban J connectivity index is 1.88. The van der Waals surface area contributed by atoms with Crippen molar-refractivity contribution in [1.82, 2.24) is 0 Å². The Morgan fingerprint density at radius 2 is 1.89 bits per heavy atom. The lowest BCUT2D eigenvalue weighted by atomic mass is 10.1. The third-order valence-corrected chi connectivity index (χ3v) is 5.89. The molecule has 0 atom stereocenters. The van der Waals surface area contributed by atoms with Crippen molar-refractivity contribution in [1.29, 1.82) is 5.26 Å². The van der Waals surface area contributed by atoms with Crippen LogP contribution in [0.1, 0.15) is 23.1 Å². The molecule has 2 aromatic rings. The van der Waals surface area contributed by atoms with Crippen molar-refractivity contribution in [3.63, 3.8) is 0 Å². The van der Waals surface area contributed by atoms with Gasteiger partial charge in [-0.1, -0.05) is 12.1 Å². The molecule has 2 aromatic carbocycles. The summed E-state index contributed by atoms with van der Waals surface area (Å²) < 4.78 is 54.8.